The highest BCUT2D eigenvalue weighted by Gasteiger charge is 2.05. The quantitative estimate of drug-likeness (QED) is 0.579. The van der Waals surface area contributed by atoms with Crippen LogP contribution in [0.25, 0.3) is 0 Å². The number of carboxylic acid groups (broad SMARTS) is 1. The standard InChI is InChI=1S/C6H8N2O3/c9-6(10)7-8-4-2-1-3-5-11-8/h1-3,5,7H,4H2,(H,9,10). The van der Waals surface area contributed by atoms with Crippen LogP contribution in [0.5, 0.6) is 0 Å². The van der Waals surface area contributed by atoms with Gasteiger partial charge in [0.1, 0.15) is 6.26 Å². The summed E-state index contributed by atoms with van der Waals surface area (Å²) in [4.78, 5) is 14.9. The van der Waals surface area contributed by atoms with Gasteiger partial charge in [0.2, 0.25) is 0 Å². The summed E-state index contributed by atoms with van der Waals surface area (Å²) in [6, 6.07) is 0. The predicted octanol–water partition coefficient (Wildman–Crippen LogP) is 0.486. The lowest BCUT2D eigenvalue weighted by Crippen LogP contribution is -2.40. The smallest absolute Gasteiger partial charge is 0.421 e. The molecule has 1 heterocycles. The molecule has 0 radical (unpaired) electrons. The Morgan fingerprint density at radius 2 is 2.45 bits per heavy atom. The molecule has 0 aliphatic carbocycles. The molecule has 1 aliphatic heterocycles. The summed E-state index contributed by atoms with van der Waals surface area (Å²) in [7, 11) is 0. The molecule has 0 aromatic heterocycles. The number of carbonyl (C=O) groups is 1. The lowest BCUT2D eigenvalue weighted by Gasteiger charge is -2.15. The SMILES string of the molecule is O=C(O)NN1CC=CC=CO1. The summed E-state index contributed by atoms with van der Waals surface area (Å²) in [6.45, 7) is 0.388. The fourth-order valence-corrected chi connectivity index (χ4v) is 0.611. The van der Waals surface area contributed by atoms with E-state index in [1.54, 1.807) is 18.2 Å². The normalized spacial score (nSPS) is 17.1. The summed E-state index contributed by atoms with van der Waals surface area (Å²) >= 11 is 0. The van der Waals surface area contributed by atoms with Crippen molar-refractivity contribution < 1.29 is 14.7 Å². The Balaban J connectivity index is 2.40. The van der Waals surface area contributed by atoms with Crippen molar-refractivity contribution in [3.63, 3.8) is 0 Å². The predicted molar refractivity (Wildman–Crippen MR) is 37.2 cm³/mol. The van der Waals surface area contributed by atoms with Gasteiger partial charge in [0.15, 0.2) is 0 Å². The number of amides is 1. The molecular formula is C6H8N2O3. The van der Waals surface area contributed by atoms with Gasteiger partial charge < -0.3 is 9.94 Å². The Morgan fingerprint density at radius 3 is 3.18 bits per heavy atom. The van der Waals surface area contributed by atoms with E-state index in [1.807, 2.05) is 5.43 Å². The van der Waals surface area contributed by atoms with Crippen LogP contribution in [0.4, 0.5) is 4.79 Å². The highest BCUT2D eigenvalue weighted by atomic mass is 16.7. The van der Waals surface area contributed by atoms with Crippen LogP contribution in [0.1, 0.15) is 0 Å². The Morgan fingerprint density at radius 1 is 1.64 bits per heavy atom. The van der Waals surface area contributed by atoms with Crippen LogP contribution in [0.2, 0.25) is 0 Å². The van der Waals surface area contributed by atoms with Crippen molar-refractivity contribution in [2.45, 2.75) is 0 Å². The zero-order valence-corrected chi connectivity index (χ0v) is 5.73. The van der Waals surface area contributed by atoms with E-state index in [4.69, 9.17) is 9.94 Å². The van der Waals surface area contributed by atoms with Crippen molar-refractivity contribution in [3.05, 3.63) is 24.5 Å². The van der Waals surface area contributed by atoms with Gasteiger partial charge in [0.25, 0.3) is 0 Å². The van der Waals surface area contributed by atoms with Crippen molar-refractivity contribution in [2.24, 2.45) is 0 Å². The monoisotopic (exact) mass is 156 g/mol. The molecule has 1 rings (SSSR count). The van der Waals surface area contributed by atoms with Gasteiger partial charge in [-0.1, -0.05) is 12.2 Å². The van der Waals surface area contributed by atoms with Gasteiger partial charge in [-0.2, -0.15) is 0 Å². The average molecular weight is 156 g/mol. The molecule has 0 aromatic carbocycles. The molecule has 2 N–H and O–H groups in total. The number of rotatable bonds is 1. The number of nitrogens with one attached hydrogen (secondary N) is 1. The van der Waals surface area contributed by atoms with Crippen molar-refractivity contribution >= 4 is 6.09 Å². The first-order chi connectivity index (χ1) is 5.29. The fourth-order valence-electron chi connectivity index (χ4n) is 0.611. The van der Waals surface area contributed by atoms with E-state index < -0.39 is 6.09 Å². The molecule has 0 spiro atoms. The number of allylic oxidation sites excluding steroid dienone is 2. The maximum absolute atomic E-state index is 10.1. The summed E-state index contributed by atoms with van der Waals surface area (Å²) in [5, 5.41) is 9.38. The van der Waals surface area contributed by atoms with E-state index in [0.717, 1.165) is 5.17 Å². The van der Waals surface area contributed by atoms with Crippen molar-refractivity contribution in [2.75, 3.05) is 6.54 Å². The third-order valence-corrected chi connectivity index (χ3v) is 1.01. The van der Waals surface area contributed by atoms with Crippen molar-refractivity contribution in [1.82, 2.24) is 10.6 Å². The van der Waals surface area contributed by atoms with E-state index >= 15 is 0 Å². The van der Waals surface area contributed by atoms with Crippen LogP contribution in [-0.4, -0.2) is 22.9 Å². The lowest BCUT2D eigenvalue weighted by molar-refractivity contribution is -0.127. The minimum Gasteiger partial charge on any atom is -0.464 e. The third-order valence-electron chi connectivity index (χ3n) is 1.01. The first-order valence-corrected chi connectivity index (χ1v) is 3.04. The third kappa shape index (κ3) is 2.72. The van der Waals surface area contributed by atoms with Crippen LogP contribution < -0.4 is 5.43 Å². The topological polar surface area (TPSA) is 61.8 Å². The van der Waals surface area contributed by atoms with Gasteiger partial charge >= 0.3 is 6.09 Å². The van der Waals surface area contributed by atoms with Crippen LogP contribution in [0, 0.1) is 0 Å². The molecule has 0 fully saturated rings. The van der Waals surface area contributed by atoms with Gasteiger partial charge in [-0.05, 0) is 11.2 Å². The Kier molecular flexibility index (Phi) is 2.51. The maximum Gasteiger partial charge on any atom is 0.421 e. The zero-order chi connectivity index (χ0) is 8.10. The van der Waals surface area contributed by atoms with Crippen LogP contribution in [0.3, 0.4) is 0 Å². The second-order valence-electron chi connectivity index (χ2n) is 1.84. The summed E-state index contributed by atoms with van der Waals surface area (Å²) in [5.41, 5.74) is 2.05. The molecule has 0 aromatic rings. The van der Waals surface area contributed by atoms with Crippen LogP contribution >= 0.6 is 0 Å². The number of hydrogen-bond donors (Lipinski definition) is 2. The first kappa shape index (κ1) is 7.62. The van der Waals surface area contributed by atoms with Gasteiger partial charge in [-0.25, -0.2) is 10.2 Å². The molecule has 0 unspecified atom stereocenters. The summed E-state index contributed by atoms with van der Waals surface area (Å²) in [5.74, 6) is 0. The molecule has 11 heavy (non-hydrogen) atoms. The minimum absolute atomic E-state index is 0.388. The van der Waals surface area contributed by atoms with Gasteiger partial charge in [-0.3, -0.25) is 0 Å². The minimum atomic E-state index is -1.14. The number of hydroxylamine groups is 1. The zero-order valence-electron chi connectivity index (χ0n) is 5.73. The molecule has 60 valence electrons. The highest BCUT2D eigenvalue weighted by molar-refractivity contribution is 5.63. The van der Waals surface area contributed by atoms with Gasteiger partial charge in [0, 0.05) is 0 Å². The van der Waals surface area contributed by atoms with E-state index in [2.05, 4.69) is 0 Å². The highest BCUT2D eigenvalue weighted by Crippen LogP contribution is 1.93. The van der Waals surface area contributed by atoms with E-state index in [1.165, 1.54) is 6.26 Å². The fraction of sp³-hybridized carbons (Fsp3) is 0.167. The molecule has 0 saturated carbocycles. The second-order valence-corrected chi connectivity index (χ2v) is 1.84. The Labute approximate surface area is 63.5 Å². The molecule has 0 saturated heterocycles. The number of nitrogens with zero attached hydrogens (tertiary/aromatic N) is 1. The molecule has 5 nitrogen and oxygen atoms in total. The average Bonchev–Trinajstić information content (AvgIpc) is 2.14. The Hall–Kier alpha value is -1.49. The molecule has 1 amide bonds. The van der Waals surface area contributed by atoms with Crippen molar-refractivity contribution in [1.29, 1.82) is 0 Å². The van der Waals surface area contributed by atoms with Gasteiger partial charge in [0.05, 0.1) is 6.54 Å². The summed E-state index contributed by atoms with van der Waals surface area (Å²) in [6.07, 6.45) is 5.44. The van der Waals surface area contributed by atoms with E-state index in [-0.39, 0.29) is 0 Å². The van der Waals surface area contributed by atoms with E-state index in [0.29, 0.717) is 6.54 Å². The lowest BCUT2D eigenvalue weighted by atomic mass is 10.5. The van der Waals surface area contributed by atoms with Crippen LogP contribution in [0.15, 0.2) is 24.5 Å². The Bertz CT molecular complexity index is 186. The number of hydrazine groups is 1. The number of hydrogen-bond acceptors (Lipinski definition) is 3. The largest absolute Gasteiger partial charge is 0.464 e. The molecule has 0 bridgehead atoms. The molecule has 5 heteroatoms. The van der Waals surface area contributed by atoms with E-state index in [9.17, 15) is 4.79 Å². The first-order valence-electron chi connectivity index (χ1n) is 3.04. The van der Waals surface area contributed by atoms with Crippen LogP contribution in [-0.2, 0) is 4.84 Å². The summed E-state index contributed by atoms with van der Waals surface area (Å²) < 4.78 is 0. The van der Waals surface area contributed by atoms with Crippen molar-refractivity contribution in [3.8, 4) is 0 Å². The molecule has 0 atom stereocenters. The molecular weight excluding hydrogens is 148 g/mol. The second kappa shape index (κ2) is 3.62. The maximum atomic E-state index is 10.1. The molecule has 1 aliphatic rings. The van der Waals surface area contributed by atoms with Gasteiger partial charge in [-0.15, -0.1) is 0 Å².